The maximum atomic E-state index is 5.82. The van der Waals surface area contributed by atoms with E-state index < -0.39 is 0 Å². The second-order valence-corrected chi connectivity index (χ2v) is 5.54. The van der Waals surface area contributed by atoms with Crippen molar-refractivity contribution >= 4 is 0 Å². The van der Waals surface area contributed by atoms with E-state index >= 15 is 0 Å². The summed E-state index contributed by atoms with van der Waals surface area (Å²) in [5, 5.41) is 3.63. The zero-order chi connectivity index (χ0) is 12.9. The van der Waals surface area contributed by atoms with Crippen LogP contribution in [0.15, 0.2) is 30.3 Å². The predicted molar refractivity (Wildman–Crippen MR) is 75.4 cm³/mol. The minimum Gasteiger partial charge on any atom is -0.494 e. The normalized spacial score (nSPS) is 26.5. The average molecular weight is 261 g/mol. The molecule has 0 bridgehead atoms. The van der Waals surface area contributed by atoms with Crippen molar-refractivity contribution in [3.8, 4) is 5.75 Å². The molecule has 19 heavy (non-hydrogen) atoms. The number of para-hydroxylation sites is 1. The van der Waals surface area contributed by atoms with Gasteiger partial charge in [-0.05, 0) is 50.3 Å². The Hall–Kier alpha value is -1.06. The molecule has 1 aromatic carbocycles. The second-order valence-electron chi connectivity index (χ2n) is 5.54. The quantitative estimate of drug-likeness (QED) is 0.765. The fourth-order valence-electron chi connectivity index (χ4n) is 2.79. The highest BCUT2D eigenvalue weighted by molar-refractivity contribution is 5.20. The van der Waals surface area contributed by atoms with Crippen molar-refractivity contribution in [2.24, 2.45) is 5.92 Å². The van der Waals surface area contributed by atoms with E-state index in [-0.39, 0.29) is 0 Å². The molecule has 0 aromatic heterocycles. The molecule has 2 fully saturated rings. The van der Waals surface area contributed by atoms with Crippen LogP contribution in [0.5, 0.6) is 5.75 Å². The van der Waals surface area contributed by atoms with Gasteiger partial charge in [0.1, 0.15) is 5.75 Å². The summed E-state index contributed by atoms with van der Waals surface area (Å²) < 4.78 is 11.5. The van der Waals surface area contributed by atoms with E-state index in [4.69, 9.17) is 9.47 Å². The second kappa shape index (κ2) is 6.40. The summed E-state index contributed by atoms with van der Waals surface area (Å²) in [5.41, 5.74) is 0. The van der Waals surface area contributed by atoms with Crippen LogP contribution in [0.4, 0.5) is 0 Å². The standard InChI is InChI=1S/C16H23NO2/c1-2-5-14(6-3-1)18-11-4-10-17-15-9-12-19-16(15)13-7-8-13/h1-3,5-6,13,15-17H,4,7-12H2. The first-order chi connectivity index (χ1) is 9.43. The number of ether oxygens (including phenoxy) is 2. The molecule has 3 rings (SSSR count). The number of rotatable bonds is 7. The maximum absolute atomic E-state index is 5.82. The van der Waals surface area contributed by atoms with Gasteiger partial charge >= 0.3 is 0 Å². The summed E-state index contributed by atoms with van der Waals surface area (Å²) >= 11 is 0. The molecule has 1 aliphatic heterocycles. The molecule has 0 spiro atoms. The van der Waals surface area contributed by atoms with Gasteiger partial charge in [0, 0.05) is 12.6 Å². The molecule has 2 unspecified atom stereocenters. The topological polar surface area (TPSA) is 30.5 Å². The molecular weight excluding hydrogens is 238 g/mol. The highest BCUT2D eigenvalue weighted by Gasteiger charge is 2.40. The molecule has 1 aliphatic carbocycles. The van der Waals surface area contributed by atoms with Crippen LogP contribution in [-0.4, -0.2) is 31.9 Å². The fourth-order valence-corrected chi connectivity index (χ4v) is 2.79. The van der Waals surface area contributed by atoms with Crippen molar-refractivity contribution in [1.82, 2.24) is 5.32 Å². The molecule has 2 aliphatic rings. The van der Waals surface area contributed by atoms with Crippen LogP contribution in [0.3, 0.4) is 0 Å². The summed E-state index contributed by atoms with van der Waals surface area (Å²) in [6.07, 6.45) is 5.42. The van der Waals surface area contributed by atoms with Gasteiger partial charge in [-0.1, -0.05) is 18.2 Å². The van der Waals surface area contributed by atoms with Crippen LogP contribution in [-0.2, 0) is 4.74 Å². The van der Waals surface area contributed by atoms with Crippen LogP contribution >= 0.6 is 0 Å². The molecule has 104 valence electrons. The zero-order valence-corrected chi connectivity index (χ0v) is 11.4. The lowest BCUT2D eigenvalue weighted by atomic mass is 10.1. The fraction of sp³-hybridized carbons (Fsp3) is 0.625. The first-order valence-electron chi connectivity index (χ1n) is 7.46. The average Bonchev–Trinajstić information content (AvgIpc) is 3.19. The van der Waals surface area contributed by atoms with E-state index in [1.165, 1.54) is 19.3 Å². The monoisotopic (exact) mass is 261 g/mol. The third-order valence-electron chi connectivity index (χ3n) is 3.96. The minimum absolute atomic E-state index is 0.482. The van der Waals surface area contributed by atoms with Gasteiger partial charge in [0.15, 0.2) is 0 Å². The molecule has 1 saturated carbocycles. The van der Waals surface area contributed by atoms with E-state index in [2.05, 4.69) is 5.32 Å². The van der Waals surface area contributed by atoms with Crippen molar-refractivity contribution in [2.45, 2.75) is 37.8 Å². The zero-order valence-electron chi connectivity index (χ0n) is 11.4. The van der Waals surface area contributed by atoms with Gasteiger partial charge in [-0.2, -0.15) is 0 Å². The summed E-state index contributed by atoms with van der Waals surface area (Å²) in [4.78, 5) is 0. The van der Waals surface area contributed by atoms with Gasteiger partial charge in [-0.25, -0.2) is 0 Å². The summed E-state index contributed by atoms with van der Waals surface area (Å²) in [6, 6.07) is 10.6. The Morgan fingerprint density at radius 1 is 1.16 bits per heavy atom. The predicted octanol–water partition coefficient (Wildman–Crippen LogP) is 2.61. The third-order valence-corrected chi connectivity index (χ3v) is 3.96. The molecule has 1 aromatic rings. The van der Waals surface area contributed by atoms with Crippen LogP contribution in [0.2, 0.25) is 0 Å². The summed E-state index contributed by atoms with van der Waals surface area (Å²) in [7, 11) is 0. The Balaban J connectivity index is 1.30. The van der Waals surface area contributed by atoms with Crippen LogP contribution in [0.25, 0.3) is 0 Å². The number of nitrogens with one attached hydrogen (secondary N) is 1. The lowest BCUT2D eigenvalue weighted by molar-refractivity contribution is 0.0809. The third kappa shape index (κ3) is 3.71. The lowest BCUT2D eigenvalue weighted by Gasteiger charge is -2.19. The summed E-state index contributed by atoms with van der Waals surface area (Å²) in [5.74, 6) is 1.79. The van der Waals surface area contributed by atoms with Gasteiger partial charge in [0.05, 0.1) is 12.7 Å². The Labute approximate surface area is 115 Å². The molecule has 2 atom stereocenters. The largest absolute Gasteiger partial charge is 0.494 e. The van der Waals surface area contributed by atoms with Crippen molar-refractivity contribution in [3.63, 3.8) is 0 Å². The van der Waals surface area contributed by atoms with Crippen LogP contribution in [0, 0.1) is 5.92 Å². The Morgan fingerprint density at radius 2 is 2.00 bits per heavy atom. The lowest BCUT2D eigenvalue weighted by Crippen LogP contribution is -2.38. The van der Waals surface area contributed by atoms with E-state index in [1.807, 2.05) is 30.3 Å². The SMILES string of the molecule is c1ccc(OCCCNC2CCOC2C2CC2)cc1. The van der Waals surface area contributed by atoms with Gasteiger partial charge < -0.3 is 14.8 Å². The smallest absolute Gasteiger partial charge is 0.119 e. The molecular formula is C16H23NO2. The number of hydrogen-bond acceptors (Lipinski definition) is 3. The highest BCUT2D eigenvalue weighted by atomic mass is 16.5. The van der Waals surface area contributed by atoms with Crippen molar-refractivity contribution < 1.29 is 9.47 Å². The minimum atomic E-state index is 0.482. The van der Waals surface area contributed by atoms with E-state index in [1.54, 1.807) is 0 Å². The Kier molecular flexibility index (Phi) is 4.36. The van der Waals surface area contributed by atoms with Crippen molar-refractivity contribution in [2.75, 3.05) is 19.8 Å². The van der Waals surface area contributed by atoms with Gasteiger partial charge in [-0.3, -0.25) is 0 Å². The van der Waals surface area contributed by atoms with Gasteiger partial charge in [0.25, 0.3) is 0 Å². The number of hydrogen-bond donors (Lipinski definition) is 1. The molecule has 1 heterocycles. The van der Waals surface area contributed by atoms with Crippen molar-refractivity contribution in [3.05, 3.63) is 30.3 Å². The first kappa shape index (κ1) is 12.9. The van der Waals surface area contributed by atoms with E-state index in [0.29, 0.717) is 12.1 Å². The molecule has 3 nitrogen and oxygen atoms in total. The first-order valence-corrected chi connectivity index (χ1v) is 7.46. The Morgan fingerprint density at radius 3 is 2.79 bits per heavy atom. The molecule has 3 heteroatoms. The molecule has 0 radical (unpaired) electrons. The van der Waals surface area contributed by atoms with Crippen molar-refractivity contribution in [1.29, 1.82) is 0 Å². The van der Waals surface area contributed by atoms with E-state index in [0.717, 1.165) is 37.8 Å². The van der Waals surface area contributed by atoms with Gasteiger partial charge in [-0.15, -0.1) is 0 Å². The van der Waals surface area contributed by atoms with E-state index in [9.17, 15) is 0 Å². The van der Waals surface area contributed by atoms with Crippen LogP contribution in [0.1, 0.15) is 25.7 Å². The van der Waals surface area contributed by atoms with Crippen LogP contribution < -0.4 is 10.1 Å². The molecule has 1 N–H and O–H groups in total. The maximum Gasteiger partial charge on any atom is 0.119 e. The Bertz CT molecular complexity index is 378. The highest BCUT2D eigenvalue weighted by Crippen LogP contribution is 2.38. The molecule has 0 amide bonds. The van der Waals surface area contributed by atoms with Gasteiger partial charge in [0.2, 0.25) is 0 Å². The number of benzene rings is 1. The summed E-state index contributed by atoms with van der Waals surface area (Å²) in [6.45, 7) is 2.72. The molecule has 1 saturated heterocycles.